The minimum atomic E-state index is -0.0302. The van der Waals surface area contributed by atoms with Crippen LogP contribution in [0, 0.1) is 0 Å². The van der Waals surface area contributed by atoms with E-state index in [-0.39, 0.29) is 5.43 Å². The van der Waals surface area contributed by atoms with Crippen LogP contribution in [0.15, 0.2) is 137 Å². The summed E-state index contributed by atoms with van der Waals surface area (Å²) >= 11 is 0. The van der Waals surface area contributed by atoms with Gasteiger partial charge in [-0.15, -0.1) is 0 Å². The number of para-hydroxylation sites is 1. The molecule has 5 heteroatoms. The van der Waals surface area contributed by atoms with E-state index in [2.05, 4.69) is 0 Å². The molecule has 5 aromatic carbocycles. The van der Waals surface area contributed by atoms with E-state index < -0.39 is 0 Å². The first kappa shape index (κ1) is 22.8. The van der Waals surface area contributed by atoms with E-state index in [1.54, 1.807) is 6.07 Å². The number of hydrogen-bond donors (Lipinski definition) is 0. The van der Waals surface area contributed by atoms with Gasteiger partial charge in [0.1, 0.15) is 11.2 Å². The summed E-state index contributed by atoms with van der Waals surface area (Å²) in [5.41, 5.74) is 5.78. The van der Waals surface area contributed by atoms with Crippen molar-refractivity contribution in [3.8, 4) is 45.3 Å². The Balaban J connectivity index is 1.30. The van der Waals surface area contributed by atoms with Crippen molar-refractivity contribution >= 4 is 21.9 Å². The molecule has 0 amide bonds. The zero-order valence-corrected chi connectivity index (χ0v) is 20.8. The van der Waals surface area contributed by atoms with E-state index in [9.17, 15) is 4.79 Å². The van der Waals surface area contributed by atoms with Crippen LogP contribution in [0.4, 0.5) is 0 Å². The Kier molecular flexibility index (Phi) is 5.52. The van der Waals surface area contributed by atoms with E-state index in [0.717, 1.165) is 27.8 Å². The Morgan fingerprint density at radius 2 is 0.872 bits per heavy atom. The lowest BCUT2D eigenvalue weighted by Gasteiger charge is -2.09. The third-order valence-electron chi connectivity index (χ3n) is 6.75. The summed E-state index contributed by atoms with van der Waals surface area (Å²) in [5, 5.41) is 1.14. The molecule has 7 rings (SSSR count). The Labute approximate surface area is 224 Å². The van der Waals surface area contributed by atoms with Gasteiger partial charge in [-0.05, 0) is 35.4 Å². The number of hydrogen-bond acceptors (Lipinski definition) is 5. The molecular formula is C34H21N3O2. The molecule has 0 saturated heterocycles. The maximum absolute atomic E-state index is 13.1. The molecule has 0 spiro atoms. The summed E-state index contributed by atoms with van der Waals surface area (Å²) in [4.78, 5) is 27.5. The van der Waals surface area contributed by atoms with Crippen LogP contribution in [0.25, 0.3) is 67.2 Å². The Bertz CT molecular complexity index is 1960. The second-order valence-corrected chi connectivity index (χ2v) is 9.25. The average Bonchev–Trinajstić information content (AvgIpc) is 3.02. The Hall–Kier alpha value is -5.42. The molecule has 5 nitrogen and oxygen atoms in total. The van der Waals surface area contributed by atoms with Crippen molar-refractivity contribution in [2.75, 3.05) is 0 Å². The van der Waals surface area contributed by atoms with E-state index in [1.165, 1.54) is 0 Å². The van der Waals surface area contributed by atoms with Crippen molar-refractivity contribution in [2.45, 2.75) is 0 Å². The molecule has 0 unspecified atom stereocenters. The van der Waals surface area contributed by atoms with Crippen LogP contribution in [-0.2, 0) is 0 Å². The highest BCUT2D eigenvalue weighted by molar-refractivity contribution is 5.92. The summed E-state index contributed by atoms with van der Waals surface area (Å²) in [6.07, 6.45) is 0. The van der Waals surface area contributed by atoms with Crippen LogP contribution in [0.2, 0.25) is 0 Å². The van der Waals surface area contributed by atoms with E-state index >= 15 is 0 Å². The fourth-order valence-corrected chi connectivity index (χ4v) is 4.73. The summed E-state index contributed by atoms with van der Waals surface area (Å²) in [6, 6.07) is 40.9. The quantitative estimate of drug-likeness (QED) is 0.229. The monoisotopic (exact) mass is 503 g/mol. The van der Waals surface area contributed by atoms with Crippen molar-refractivity contribution in [1.29, 1.82) is 0 Å². The first-order valence-electron chi connectivity index (χ1n) is 12.7. The molecule has 0 saturated carbocycles. The van der Waals surface area contributed by atoms with Crippen molar-refractivity contribution < 1.29 is 4.42 Å². The second-order valence-electron chi connectivity index (χ2n) is 9.25. The summed E-state index contributed by atoms with van der Waals surface area (Å²) in [7, 11) is 0. The van der Waals surface area contributed by atoms with E-state index in [0.29, 0.717) is 39.4 Å². The van der Waals surface area contributed by atoms with Crippen LogP contribution in [0.3, 0.4) is 0 Å². The van der Waals surface area contributed by atoms with Gasteiger partial charge in [-0.25, -0.2) is 15.0 Å². The van der Waals surface area contributed by atoms with Gasteiger partial charge in [0.25, 0.3) is 0 Å². The number of fused-ring (bicyclic) bond motifs is 2. The SMILES string of the molecule is O=c1c2ccccc2oc2ccc(-c3ccc(-c4nc(-c5ccccc5)nc(-c5ccccc5)n4)cc3)cc12. The van der Waals surface area contributed by atoms with Gasteiger partial charge in [0.2, 0.25) is 5.43 Å². The van der Waals surface area contributed by atoms with Gasteiger partial charge in [0, 0.05) is 16.7 Å². The third-order valence-corrected chi connectivity index (χ3v) is 6.75. The van der Waals surface area contributed by atoms with Crippen LogP contribution in [0.5, 0.6) is 0 Å². The van der Waals surface area contributed by atoms with Crippen LogP contribution in [-0.4, -0.2) is 15.0 Å². The molecule has 0 fully saturated rings. The molecule has 7 aromatic rings. The van der Waals surface area contributed by atoms with E-state index in [1.807, 2.05) is 121 Å². The highest BCUT2D eigenvalue weighted by Crippen LogP contribution is 2.29. The molecular weight excluding hydrogens is 482 g/mol. The molecule has 39 heavy (non-hydrogen) atoms. The third kappa shape index (κ3) is 4.26. The fourth-order valence-electron chi connectivity index (χ4n) is 4.73. The normalized spacial score (nSPS) is 11.2. The molecule has 2 heterocycles. The smallest absolute Gasteiger partial charge is 0.200 e. The molecule has 0 radical (unpaired) electrons. The standard InChI is InChI=1S/C34H21N3O2/c38-31-27-13-7-8-14-29(27)39-30-20-19-26(21-28(30)31)22-15-17-25(18-16-22)34-36-32(23-9-3-1-4-10-23)35-33(37-34)24-11-5-2-6-12-24/h1-21H. The lowest BCUT2D eigenvalue weighted by molar-refractivity contribution is 0.660. The average molecular weight is 504 g/mol. The van der Waals surface area contributed by atoms with E-state index in [4.69, 9.17) is 19.4 Å². The Morgan fingerprint density at radius 3 is 1.49 bits per heavy atom. The number of benzene rings is 5. The highest BCUT2D eigenvalue weighted by atomic mass is 16.3. The molecule has 0 bridgehead atoms. The largest absolute Gasteiger partial charge is 0.456 e. The molecule has 184 valence electrons. The predicted molar refractivity (Wildman–Crippen MR) is 155 cm³/mol. The van der Waals surface area contributed by atoms with Gasteiger partial charge in [-0.2, -0.15) is 0 Å². The summed E-state index contributed by atoms with van der Waals surface area (Å²) < 4.78 is 5.97. The fraction of sp³-hybridized carbons (Fsp3) is 0. The molecule has 0 aliphatic rings. The summed E-state index contributed by atoms with van der Waals surface area (Å²) in [6.45, 7) is 0. The maximum Gasteiger partial charge on any atom is 0.200 e. The molecule has 0 N–H and O–H groups in total. The van der Waals surface area contributed by atoms with Gasteiger partial charge >= 0.3 is 0 Å². The minimum Gasteiger partial charge on any atom is -0.456 e. The van der Waals surface area contributed by atoms with Crippen molar-refractivity contribution in [3.05, 3.63) is 138 Å². The van der Waals surface area contributed by atoms with Gasteiger partial charge in [-0.1, -0.05) is 103 Å². The molecule has 0 aliphatic carbocycles. The molecule has 0 atom stereocenters. The second kappa shape index (κ2) is 9.47. The first-order chi connectivity index (χ1) is 19.2. The van der Waals surface area contributed by atoms with Crippen LogP contribution >= 0.6 is 0 Å². The van der Waals surface area contributed by atoms with Crippen molar-refractivity contribution in [2.24, 2.45) is 0 Å². The van der Waals surface area contributed by atoms with Gasteiger partial charge in [0.15, 0.2) is 17.5 Å². The van der Waals surface area contributed by atoms with Crippen molar-refractivity contribution in [3.63, 3.8) is 0 Å². The molecule has 0 aliphatic heterocycles. The Morgan fingerprint density at radius 1 is 0.410 bits per heavy atom. The zero-order chi connectivity index (χ0) is 26.2. The predicted octanol–water partition coefficient (Wildman–Crippen LogP) is 7.80. The van der Waals surface area contributed by atoms with Crippen molar-refractivity contribution in [1.82, 2.24) is 15.0 Å². The number of aromatic nitrogens is 3. The van der Waals surface area contributed by atoms with Crippen LogP contribution < -0.4 is 5.43 Å². The van der Waals surface area contributed by atoms with Gasteiger partial charge < -0.3 is 4.42 Å². The van der Waals surface area contributed by atoms with Crippen LogP contribution in [0.1, 0.15) is 0 Å². The lowest BCUT2D eigenvalue weighted by atomic mass is 10.0. The molecule has 2 aromatic heterocycles. The highest BCUT2D eigenvalue weighted by Gasteiger charge is 2.13. The topological polar surface area (TPSA) is 68.9 Å². The van der Waals surface area contributed by atoms with Gasteiger partial charge in [-0.3, -0.25) is 4.79 Å². The first-order valence-corrected chi connectivity index (χ1v) is 12.7. The van der Waals surface area contributed by atoms with Gasteiger partial charge in [0.05, 0.1) is 10.8 Å². The summed E-state index contributed by atoms with van der Waals surface area (Å²) in [5.74, 6) is 1.84. The maximum atomic E-state index is 13.1. The zero-order valence-electron chi connectivity index (χ0n) is 20.8. The minimum absolute atomic E-state index is 0.0302. The number of nitrogens with zero attached hydrogens (tertiary/aromatic N) is 3. The number of rotatable bonds is 4. The lowest BCUT2D eigenvalue weighted by Crippen LogP contribution is -2.02.